The second kappa shape index (κ2) is 21.9. The Kier molecular flexibility index (Phi) is 17.1. The van der Waals surface area contributed by atoms with Crippen molar-refractivity contribution in [2.45, 2.75) is 89.0 Å². The van der Waals surface area contributed by atoms with Crippen LogP contribution in [0.5, 0.6) is 5.75 Å². The maximum absolute atomic E-state index is 12.6. The Bertz CT molecular complexity index is 1590. The molecule has 12 heteroatoms. The van der Waals surface area contributed by atoms with Gasteiger partial charge in [-0.1, -0.05) is 110 Å². The first-order chi connectivity index (χ1) is 25.2. The minimum Gasteiger partial charge on any atom is -0.482 e. The maximum atomic E-state index is 12.6. The molecule has 0 bridgehead atoms. The smallest absolute Gasteiger partial charge is 0.407 e. The normalized spacial score (nSPS) is 12.3. The molecular formula is C40H49Cl2N3O7. The molecule has 4 rings (SSSR count). The topological polar surface area (TPSA) is 143 Å². The Morgan fingerprint density at radius 2 is 1.29 bits per heavy atom. The number of amides is 3. The van der Waals surface area contributed by atoms with Gasteiger partial charge < -0.3 is 30.5 Å². The molecular weight excluding hydrogens is 705 g/mol. The fourth-order valence-electron chi connectivity index (χ4n) is 6.31. The molecule has 3 amide bonds. The van der Waals surface area contributed by atoms with E-state index in [1.54, 1.807) is 18.2 Å². The molecule has 0 saturated heterocycles. The van der Waals surface area contributed by atoms with E-state index in [-0.39, 0.29) is 37.4 Å². The molecule has 4 N–H and O–H groups in total. The number of carbonyl (C=O) groups excluding carboxylic acids is 3. The summed E-state index contributed by atoms with van der Waals surface area (Å²) >= 11 is 11.9. The van der Waals surface area contributed by atoms with Gasteiger partial charge >= 0.3 is 12.1 Å². The Morgan fingerprint density at radius 3 is 1.92 bits per heavy atom. The molecule has 1 atom stereocenters. The van der Waals surface area contributed by atoms with E-state index in [4.69, 9.17) is 32.7 Å². The third-order valence-corrected chi connectivity index (χ3v) is 9.61. The monoisotopic (exact) mass is 753 g/mol. The van der Waals surface area contributed by atoms with Crippen LogP contribution in [0, 0.1) is 0 Å². The summed E-state index contributed by atoms with van der Waals surface area (Å²) in [5, 5.41) is 18.8. The SMILES string of the molecule is O=C(CCCCCCCCCCNC(=O)COc1ccc(Cl)cc1Cl)NCCCCC(NC(=O)OCC1c2ccccc2-c2ccccc21)C(=O)O. The first kappa shape index (κ1) is 40.5. The quantitative estimate of drug-likeness (QED) is 0.0714. The third kappa shape index (κ3) is 13.4. The lowest BCUT2D eigenvalue weighted by Crippen LogP contribution is -2.41. The highest BCUT2D eigenvalue weighted by Gasteiger charge is 2.29. The van der Waals surface area contributed by atoms with E-state index in [1.165, 1.54) is 0 Å². The highest BCUT2D eigenvalue weighted by atomic mass is 35.5. The van der Waals surface area contributed by atoms with Gasteiger partial charge in [0.25, 0.3) is 5.91 Å². The lowest BCUT2D eigenvalue weighted by Gasteiger charge is -2.17. The number of carboxylic acid groups (broad SMARTS) is 1. The average molecular weight is 755 g/mol. The fourth-order valence-corrected chi connectivity index (χ4v) is 6.78. The lowest BCUT2D eigenvalue weighted by molar-refractivity contribution is -0.139. The number of nitrogens with one attached hydrogen (secondary N) is 3. The molecule has 0 saturated carbocycles. The van der Waals surface area contributed by atoms with Crippen LogP contribution >= 0.6 is 23.2 Å². The summed E-state index contributed by atoms with van der Waals surface area (Å²) < 4.78 is 10.9. The number of hydrogen-bond donors (Lipinski definition) is 4. The molecule has 0 fully saturated rings. The van der Waals surface area contributed by atoms with Gasteiger partial charge in [0.15, 0.2) is 6.61 Å². The number of benzene rings is 3. The van der Waals surface area contributed by atoms with Crippen LogP contribution in [0.3, 0.4) is 0 Å². The molecule has 1 aliphatic carbocycles. The van der Waals surface area contributed by atoms with Gasteiger partial charge in [-0.05, 0) is 72.6 Å². The van der Waals surface area contributed by atoms with E-state index in [1.807, 2.05) is 36.4 Å². The standard InChI is InChI=1S/C40H49Cl2N3O7/c41-28-21-22-36(34(42)25-28)51-27-38(47)44-23-13-6-4-2-1-3-5-7-20-37(46)43-24-14-12-19-35(39(48)49)45-40(50)52-26-33-31-17-10-8-15-29(31)30-16-9-11-18-32(30)33/h8-11,15-18,21-22,25,33,35H,1-7,12-14,19-20,23-24,26-27H2,(H,43,46)(H,44,47)(H,45,50)(H,48,49). The molecule has 1 unspecified atom stereocenters. The van der Waals surface area contributed by atoms with E-state index >= 15 is 0 Å². The maximum Gasteiger partial charge on any atom is 0.407 e. The first-order valence-electron chi connectivity index (χ1n) is 18.2. The van der Waals surface area contributed by atoms with Gasteiger partial charge in [0.05, 0.1) is 5.02 Å². The number of aliphatic carboxylic acids is 1. The van der Waals surface area contributed by atoms with Gasteiger partial charge in [-0.3, -0.25) is 9.59 Å². The van der Waals surface area contributed by atoms with E-state index in [9.17, 15) is 24.3 Å². The van der Waals surface area contributed by atoms with Crippen LogP contribution in [0.1, 0.15) is 94.1 Å². The van der Waals surface area contributed by atoms with Gasteiger partial charge in [0.1, 0.15) is 18.4 Å². The van der Waals surface area contributed by atoms with Crippen LogP contribution in [0.4, 0.5) is 4.79 Å². The summed E-state index contributed by atoms with van der Waals surface area (Å²) in [6, 6.07) is 19.8. The number of halogens is 2. The third-order valence-electron chi connectivity index (χ3n) is 9.08. The van der Waals surface area contributed by atoms with Crippen LogP contribution < -0.4 is 20.7 Å². The molecule has 3 aromatic carbocycles. The van der Waals surface area contributed by atoms with Crippen molar-refractivity contribution in [3.05, 3.63) is 87.9 Å². The second-order valence-corrected chi connectivity index (χ2v) is 13.8. The van der Waals surface area contributed by atoms with Crippen molar-refractivity contribution < 1.29 is 33.8 Å². The Labute approximate surface area is 315 Å². The van der Waals surface area contributed by atoms with E-state index in [0.29, 0.717) is 48.1 Å². The van der Waals surface area contributed by atoms with Gasteiger partial charge in [0, 0.05) is 30.5 Å². The zero-order valence-electron chi connectivity index (χ0n) is 29.5. The highest BCUT2D eigenvalue weighted by Crippen LogP contribution is 2.44. The summed E-state index contributed by atoms with van der Waals surface area (Å²) in [5.74, 6) is -1.00. The Balaban J connectivity index is 0.956. The molecule has 3 aromatic rings. The van der Waals surface area contributed by atoms with E-state index < -0.39 is 18.1 Å². The van der Waals surface area contributed by atoms with Gasteiger partial charge in [-0.25, -0.2) is 9.59 Å². The summed E-state index contributed by atoms with van der Waals surface area (Å²) in [6.45, 7) is 1.07. The number of hydrogen-bond acceptors (Lipinski definition) is 6. The fraction of sp³-hybridized carbons (Fsp3) is 0.450. The molecule has 10 nitrogen and oxygen atoms in total. The molecule has 0 spiro atoms. The number of carbonyl (C=O) groups is 4. The summed E-state index contributed by atoms with van der Waals surface area (Å²) in [5.41, 5.74) is 4.41. The largest absolute Gasteiger partial charge is 0.482 e. The van der Waals surface area contributed by atoms with Crippen LogP contribution in [-0.2, 0) is 19.1 Å². The molecule has 0 aromatic heterocycles. The van der Waals surface area contributed by atoms with Crippen molar-refractivity contribution in [3.8, 4) is 16.9 Å². The predicted molar refractivity (Wildman–Crippen MR) is 203 cm³/mol. The number of ether oxygens (including phenoxy) is 2. The van der Waals surface area contributed by atoms with E-state index in [2.05, 4.69) is 28.1 Å². The van der Waals surface area contributed by atoms with Crippen molar-refractivity contribution in [1.82, 2.24) is 16.0 Å². The number of unbranched alkanes of at least 4 members (excludes halogenated alkanes) is 8. The van der Waals surface area contributed by atoms with Crippen LogP contribution in [-0.4, -0.2) is 61.3 Å². The van der Waals surface area contributed by atoms with Crippen molar-refractivity contribution in [1.29, 1.82) is 0 Å². The van der Waals surface area contributed by atoms with Crippen LogP contribution in [0.2, 0.25) is 10.0 Å². The zero-order valence-corrected chi connectivity index (χ0v) is 31.0. The Morgan fingerprint density at radius 1 is 0.712 bits per heavy atom. The zero-order chi connectivity index (χ0) is 37.1. The van der Waals surface area contributed by atoms with Gasteiger partial charge in [-0.2, -0.15) is 0 Å². The molecule has 0 radical (unpaired) electrons. The second-order valence-electron chi connectivity index (χ2n) is 13.0. The lowest BCUT2D eigenvalue weighted by atomic mass is 9.98. The molecule has 52 heavy (non-hydrogen) atoms. The molecule has 1 aliphatic rings. The number of carboxylic acids is 1. The summed E-state index contributed by atoms with van der Waals surface area (Å²) in [6.07, 6.45) is 9.23. The summed E-state index contributed by atoms with van der Waals surface area (Å²) in [4.78, 5) is 48.6. The predicted octanol–water partition coefficient (Wildman–Crippen LogP) is 8.28. The molecule has 0 heterocycles. The number of rotatable bonds is 23. The Hall–Kier alpha value is -4.28. The highest BCUT2D eigenvalue weighted by molar-refractivity contribution is 6.35. The van der Waals surface area contributed by atoms with Crippen molar-refractivity contribution in [3.63, 3.8) is 0 Å². The molecule has 0 aliphatic heterocycles. The minimum absolute atomic E-state index is 0.00439. The van der Waals surface area contributed by atoms with E-state index in [0.717, 1.165) is 73.6 Å². The van der Waals surface area contributed by atoms with Crippen molar-refractivity contribution >= 4 is 47.1 Å². The average Bonchev–Trinajstić information content (AvgIpc) is 3.45. The number of fused-ring (bicyclic) bond motifs is 3. The minimum atomic E-state index is -1.12. The molecule has 280 valence electrons. The van der Waals surface area contributed by atoms with Crippen molar-refractivity contribution in [2.75, 3.05) is 26.3 Å². The van der Waals surface area contributed by atoms with Gasteiger partial charge in [-0.15, -0.1) is 0 Å². The van der Waals surface area contributed by atoms with Crippen LogP contribution in [0.25, 0.3) is 11.1 Å². The van der Waals surface area contributed by atoms with Gasteiger partial charge in [0.2, 0.25) is 5.91 Å². The number of alkyl carbamates (subject to hydrolysis) is 1. The first-order valence-corrected chi connectivity index (χ1v) is 18.9. The van der Waals surface area contributed by atoms with Crippen molar-refractivity contribution in [2.24, 2.45) is 0 Å². The van der Waals surface area contributed by atoms with Crippen LogP contribution in [0.15, 0.2) is 66.7 Å². The summed E-state index contributed by atoms with van der Waals surface area (Å²) in [7, 11) is 0.